The van der Waals surface area contributed by atoms with E-state index in [9.17, 15) is 22.8 Å². The molecule has 5 N–H and O–H groups in total. The fourth-order valence-corrected chi connectivity index (χ4v) is 2.86. The number of ether oxygens (including phenoxy) is 2. The fraction of sp³-hybridized carbons (Fsp3) is 0.308. The van der Waals surface area contributed by atoms with Crippen molar-refractivity contribution in [1.82, 2.24) is 9.97 Å². The number of carbonyl (C=O) groups is 2. The number of aromatic nitrogens is 2. The highest BCUT2D eigenvalue weighted by Gasteiger charge is 2.32. The van der Waals surface area contributed by atoms with E-state index in [1.165, 1.54) is 25.4 Å². The number of anilines is 3. The number of hydrogen-bond acceptors (Lipinski definition) is 8. The van der Waals surface area contributed by atoms with Gasteiger partial charge in [-0.25, -0.2) is 14.8 Å². The Kier molecular flexibility index (Phi) is 11.0. The van der Waals surface area contributed by atoms with Gasteiger partial charge in [-0.05, 0) is 69.7 Å². The maximum absolute atomic E-state index is 13.0. The van der Waals surface area contributed by atoms with E-state index < -0.39 is 17.8 Å². The molecule has 2 aromatic carbocycles. The number of alkyl halides is 3. The van der Waals surface area contributed by atoms with Gasteiger partial charge in [0.2, 0.25) is 5.88 Å². The Labute approximate surface area is 224 Å². The zero-order valence-corrected chi connectivity index (χ0v) is 21.9. The summed E-state index contributed by atoms with van der Waals surface area (Å²) < 4.78 is 49.3. The number of aryl methyl sites for hydroxylation is 1. The highest BCUT2D eigenvalue weighted by Crippen LogP contribution is 2.33. The zero-order valence-electron chi connectivity index (χ0n) is 21.9. The van der Waals surface area contributed by atoms with Crippen LogP contribution in [0.1, 0.15) is 31.9 Å². The first-order chi connectivity index (χ1) is 18.3. The summed E-state index contributed by atoms with van der Waals surface area (Å²) in [6.07, 6.45) is -3.15. The molecule has 0 aliphatic heterocycles. The lowest BCUT2D eigenvalue weighted by Crippen LogP contribution is -2.20. The van der Waals surface area contributed by atoms with E-state index in [1.54, 1.807) is 30.3 Å². The van der Waals surface area contributed by atoms with Gasteiger partial charge in [0, 0.05) is 30.5 Å². The smallest absolute Gasteiger partial charge is 0.416 e. The lowest BCUT2D eigenvalue weighted by atomic mass is 10.1. The zero-order chi connectivity index (χ0) is 29.1. The van der Waals surface area contributed by atoms with Crippen LogP contribution < -0.4 is 26.4 Å². The van der Waals surface area contributed by atoms with E-state index in [2.05, 4.69) is 30.7 Å². The number of halogens is 3. The Morgan fingerprint density at radius 2 is 1.64 bits per heavy atom. The van der Waals surface area contributed by atoms with Crippen molar-refractivity contribution in [2.75, 3.05) is 29.0 Å². The number of benzene rings is 2. The molecule has 10 nitrogen and oxygen atoms in total. The standard InChI is InChI=1S/C21H21F3N6O2.C5H10O2/c1-13-2-3-15(10-17(13)21(22,23)24)30-20(31)29-14-4-6-16(7-5-14)32-19-11-18(26-9-8-25)27-12-28-19;1-5(2,3)7-4-6/h2-7,10-12H,8-9,25H2,1H3,(H,26,27,28)(H2,29,30,31);4H,1-3H3. The van der Waals surface area contributed by atoms with Gasteiger partial charge in [0.1, 0.15) is 23.5 Å². The molecule has 0 unspecified atom stereocenters. The molecule has 2 amide bonds. The second kappa shape index (κ2) is 14.0. The van der Waals surface area contributed by atoms with Crippen LogP contribution in [-0.4, -0.2) is 41.2 Å². The molecule has 3 aromatic rings. The van der Waals surface area contributed by atoms with Crippen LogP contribution >= 0.6 is 0 Å². The first-order valence-corrected chi connectivity index (χ1v) is 11.7. The molecule has 0 bridgehead atoms. The summed E-state index contributed by atoms with van der Waals surface area (Å²) in [4.78, 5) is 29.8. The first-order valence-electron chi connectivity index (χ1n) is 11.7. The normalized spacial score (nSPS) is 11.0. The Bertz CT molecular complexity index is 1230. The molecule has 3 rings (SSSR count). The Morgan fingerprint density at radius 1 is 1.00 bits per heavy atom. The monoisotopic (exact) mass is 548 g/mol. The molecule has 0 spiro atoms. The van der Waals surface area contributed by atoms with Crippen molar-refractivity contribution in [3.8, 4) is 11.6 Å². The number of nitrogens with one attached hydrogen (secondary N) is 3. The molecule has 1 heterocycles. The topological polar surface area (TPSA) is 140 Å². The number of nitrogens with zero attached hydrogens (tertiary/aromatic N) is 2. The van der Waals surface area contributed by atoms with E-state index >= 15 is 0 Å². The summed E-state index contributed by atoms with van der Waals surface area (Å²) >= 11 is 0. The van der Waals surface area contributed by atoms with Crippen molar-refractivity contribution in [3.05, 3.63) is 66.0 Å². The van der Waals surface area contributed by atoms with Gasteiger partial charge < -0.3 is 31.2 Å². The van der Waals surface area contributed by atoms with Crippen LogP contribution in [0.4, 0.5) is 35.2 Å². The Morgan fingerprint density at radius 3 is 2.21 bits per heavy atom. The molecule has 0 aliphatic carbocycles. The van der Waals surface area contributed by atoms with Crippen molar-refractivity contribution >= 4 is 29.7 Å². The largest absolute Gasteiger partial charge is 0.462 e. The van der Waals surface area contributed by atoms with Crippen LogP contribution in [0.3, 0.4) is 0 Å². The van der Waals surface area contributed by atoms with Gasteiger partial charge in [0.05, 0.1) is 5.56 Å². The number of rotatable bonds is 8. The van der Waals surface area contributed by atoms with Gasteiger partial charge in [-0.2, -0.15) is 13.2 Å². The molecule has 39 heavy (non-hydrogen) atoms. The number of carbonyl (C=O) groups excluding carboxylic acids is 2. The lowest BCUT2D eigenvalue weighted by Gasteiger charge is -2.14. The Balaban J connectivity index is 0.000000673. The number of nitrogens with two attached hydrogens (primary N) is 1. The van der Waals surface area contributed by atoms with Gasteiger partial charge in [-0.3, -0.25) is 4.79 Å². The van der Waals surface area contributed by atoms with E-state index in [0.717, 1.165) is 6.07 Å². The second-order valence-corrected chi connectivity index (χ2v) is 9.02. The van der Waals surface area contributed by atoms with Gasteiger partial charge >= 0.3 is 12.2 Å². The SMILES string of the molecule is CC(C)(C)OC=O.Cc1ccc(NC(=O)Nc2ccc(Oc3cc(NCCN)ncn3)cc2)cc1C(F)(F)F. The molecular weight excluding hydrogens is 517 g/mol. The summed E-state index contributed by atoms with van der Waals surface area (Å²) in [5.74, 6) is 1.35. The second-order valence-electron chi connectivity index (χ2n) is 9.02. The average Bonchev–Trinajstić information content (AvgIpc) is 2.84. The molecule has 0 saturated carbocycles. The van der Waals surface area contributed by atoms with Crippen LogP contribution in [0.15, 0.2) is 54.9 Å². The van der Waals surface area contributed by atoms with E-state index in [1.807, 2.05) is 20.8 Å². The third-order valence-electron chi connectivity index (χ3n) is 4.63. The predicted molar refractivity (Wildman–Crippen MR) is 142 cm³/mol. The van der Waals surface area contributed by atoms with Gasteiger partial charge in [-0.15, -0.1) is 0 Å². The van der Waals surface area contributed by atoms with Crippen LogP contribution in [-0.2, 0) is 15.7 Å². The lowest BCUT2D eigenvalue weighted by molar-refractivity contribution is -0.139. The summed E-state index contributed by atoms with van der Waals surface area (Å²) in [5, 5.41) is 7.96. The molecule has 1 aromatic heterocycles. The van der Waals surface area contributed by atoms with Gasteiger partial charge in [-0.1, -0.05) is 6.07 Å². The summed E-state index contributed by atoms with van der Waals surface area (Å²) in [6, 6.07) is 10.9. The minimum Gasteiger partial charge on any atom is -0.462 e. The maximum Gasteiger partial charge on any atom is 0.416 e. The van der Waals surface area contributed by atoms with Crippen LogP contribution in [0, 0.1) is 6.92 Å². The molecule has 13 heteroatoms. The highest BCUT2D eigenvalue weighted by molar-refractivity contribution is 5.99. The molecule has 0 atom stereocenters. The van der Waals surface area contributed by atoms with Crippen molar-refractivity contribution in [3.63, 3.8) is 0 Å². The minimum atomic E-state index is -4.50. The number of urea groups is 1. The van der Waals surface area contributed by atoms with Crippen LogP contribution in [0.2, 0.25) is 0 Å². The Hall–Kier alpha value is -4.39. The van der Waals surface area contributed by atoms with Crippen molar-refractivity contribution < 1.29 is 32.2 Å². The number of hydrogen-bond donors (Lipinski definition) is 4. The molecule has 210 valence electrons. The number of amides is 2. The van der Waals surface area contributed by atoms with E-state index in [4.69, 9.17) is 10.5 Å². The van der Waals surface area contributed by atoms with Gasteiger partial charge in [0.15, 0.2) is 0 Å². The quantitative estimate of drug-likeness (QED) is 0.268. The van der Waals surface area contributed by atoms with Crippen molar-refractivity contribution in [2.45, 2.75) is 39.5 Å². The first kappa shape index (κ1) is 30.8. The van der Waals surface area contributed by atoms with Crippen LogP contribution in [0.25, 0.3) is 0 Å². The van der Waals surface area contributed by atoms with Crippen molar-refractivity contribution in [1.29, 1.82) is 0 Å². The highest BCUT2D eigenvalue weighted by atomic mass is 19.4. The minimum absolute atomic E-state index is 0.0307. The molecular formula is C26H31F3N6O4. The predicted octanol–water partition coefficient (Wildman–Crippen LogP) is 5.57. The van der Waals surface area contributed by atoms with Crippen LogP contribution in [0.5, 0.6) is 11.6 Å². The summed E-state index contributed by atoms with van der Waals surface area (Å²) in [6.45, 7) is 8.29. The van der Waals surface area contributed by atoms with Crippen molar-refractivity contribution in [2.24, 2.45) is 5.73 Å². The third kappa shape index (κ3) is 11.3. The summed E-state index contributed by atoms with van der Waals surface area (Å²) in [5.41, 5.74) is 4.85. The summed E-state index contributed by atoms with van der Waals surface area (Å²) in [7, 11) is 0. The average molecular weight is 549 g/mol. The molecule has 0 saturated heterocycles. The van der Waals surface area contributed by atoms with E-state index in [-0.39, 0.29) is 16.9 Å². The van der Waals surface area contributed by atoms with Gasteiger partial charge in [0.25, 0.3) is 6.47 Å². The van der Waals surface area contributed by atoms with E-state index in [0.29, 0.717) is 42.7 Å². The molecule has 0 fully saturated rings. The fourth-order valence-electron chi connectivity index (χ4n) is 2.86. The maximum atomic E-state index is 13.0. The third-order valence-corrected chi connectivity index (χ3v) is 4.63. The molecule has 0 radical (unpaired) electrons. The molecule has 0 aliphatic rings.